The van der Waals surface area contributed by atoms with E-state index in [4.69, 9.17) is 17.3 Å². The van der Waals surface area contributed by atoms with E-state index in [0.717, 1.165) is 6.07 Å². The van der Waals surface area contributed by atoms with Crippen molar-refractivity contribution in [2.24, 2.45) is 5.73 Å². The van der Waals surface area contributed by atoms with E-state index in [2.05, 4.69) is 0 Å². The second kappa shape index (κ2) is 4.28. The first kappa shape index (κ1) is 11.2. The molecule has 0 saturated carbocycles. The summed E-state index contributed by atoms with van der Waals surface area (Å²) in [6.45, 7) is 0. The van der Waals surface area contributed by atoms with Gasteiger partial charge in [0.15, 0.2) is 0 Å². The maximum atomic E-state index is 12.7. The summed E-state index contributed by atoms with van der Waals surface area (Å²) in [7, 11) is 0. The molecular formula is C7H6Cl2FNO. The zero-order chi connectivity index (χ0) is 8.43. The molecule has 12 heavy (non-hydrogen) atoms. The van der Waals surface area contributed by atoms with Crippen molar-refractivity contribution in [3.05, 3.63) is 34.6 Å². The van der Waals surface area contributed by atoms with Crippen molar-refractivity contribution < 1.29 is 9.18 Å². The monoisotopic (exact) mass is 209 g/mol. The minimum absolute atomic E-state index is 0. The average Bonchev–Trinajstić information content (AvgIpc) is 1.94. The highest BCUT2D eigenvalue weighted by Crippen LogP contribution is 2.13. The number of halogens is 3. The summed E-state index contributed by atoms with van der Waals surface area (Å²) in [6.07, 6.45) is 0. The van der Waals surface area contributed by atoms with Crippen LogP contribution in [0.15, 0.2) is 18.2 Å². The normalized spacial score (nSPS) is 8.83. The quantitative estimate of drug-likeness (QED) is 0.756. The molecule has 66 valence electrons. The summed E-state index contributed by atoms with van der Waals surface area (Å²) >= 11 is 5.49. The van der Waals surface area contributed by atoms with Crippen molar-refractivity contribution in [2.45, 2.75) is 0 Å². The van der Waals surface area contributed by atoms with Crippen LogP contribution >= 0.6 is 24.0 Å². The van der Waals surface area contributed by atoms with E-state index in [0.29, 0.717) is 5.02 Å². The zero-order valence-electron chi connectivity index (χ0n) is 5.88. The molecule has 2 N–H and O–H groups in total. The van der Waals surface area contributed by atoms with Crippen molar-refractivity contribution in [1.82, 2.24) is 0 Å². The molecule has 2 nitrogen and oxygen atoms in total. The summed E-state index contributed by atoms with van der Waals surface area (Å²) in [5.74, 6) is -1.47. The summed E-state index contributed by atoms with van der Waals surface area (Å²) in [5.41, 5.74) is 4.66. The first-order chi connectivity index (χ1) is 5.11. The van der Waals surface area contributed by atoms with E-state index in [9.17, 15) is 9.18 Å². The number of hydrogen-bond acceptors (Lipinski definition) is 1. The molecular weight excluding hydrogens is 204 g/mol. The highest BCUT2D eigenvalue weighted by molar-refractivity contribution is 6.30. The Morgan fingerprint density at radius 2 is 2.08 bits per heavy atom. The smallest absolute Gasteiger partial charge is 0.251 e. The molecule has 0 aromatic heterocycles. The topological polar surface area (TPSA) is 43.1 Å². The third kappa shape index (κ3) is 2.36. The van der Waals surface area contributed by atoms with Crippen molar-refractivity contribution in [1.29, 1.82) is 0 Å². The second-order valence-electron chi connectivity index (χ2n) is 1.99. The van der Waals surface area contributed by atoms with Crippen molar-refractivity contribution in [3.63, 3.8) is 0 Å². The van der Waals surface area contributed by atoms with E-state index >= 15 is 0 Å². The number of benzene rings is 1. The lowest BCUT2D eigenvalue weighted by molar-refractivity contribution is 0.0996. The van der Waals surface area contributed by atoms with Crippen LogP contribution in [0.5, 0.6) is 0 Å². The van der Waals surface area contributed by atoms with E-state index in [1.54, 1.807) is 0 Å². The van der Waals surface area contributed by atoms with Gasteiger partial charge in [0.25, 0.3) is 5.91 Å². The SMILES string of the molecule is Cl.NC(=O)c1cc(Cl)ccc1F. The van der Waals surface area contributed by atoms with Gasteiger partial charge in [0, 0.05) is 5.02 Å². The molecule has 0 aliphatic carbocycles. The minimum atomic E-state index is -0.815. The summed E-state index contributed by atoms with van der Waals surface area (Å²) < 4.78 is 12.7. The van der Waals surface area contributed by atoms with E-state index in [1.165, 1.54) is 12.1 Å². The van der Waals surface area contributed by atoms with Gasteiger partial charge >= 0.3 is 0 Å². The van der Waals surface area contributed by atoms with Crippen molar-refractivity contribution in [2.75, 3.05) is 0 Å². The van der Waals surface area contributed by atoms with Gasteiger partial charge in [0.2, 0.25) is 0 Å². The second-order valence-corrected chi connectivity index (χ2v) is 2.42. The Labute approximate surface area is 79.9 Å². The predicted molar refractivity (Wildman–Crippen MR) is 47.2 cm³/mol. The van der Waals surface area contributed by atoms with Gasteiger partial charge in [0.1, 0.15) is 5.82 Å². The largest absolute Gasteiger partial charge is 0.366 e. The number of primary amides is 1. The summed E-state index contributed by atoms with van der Waals surface area (Å²) in [4.78, 5) is 10.5. The summed E-state index contributed by atoms with van der Waals surface area (Å²) in [6, 6.07) is 3.64. The van der Waals surface area contributed by atoms with Crippen LogP contribution in [0.25, 0.3) is 0 Å². The number of rotatable bonds is 1. The Balaban J connectivity index is 0.00000121. The van der Waals surface area contributed by atoms with Gasteiger partial charge in [-0.05, 0) is 18.2 Å². The van der Waals surface area contributed by atoms with Crippen LogP contribution in [0.1, 0.15) is 10.4 Å². The molecule has 1 aromatic rings. The van der Waals surface area contributed by atoms with Gasteiger partial charge in [-0.3, -0.25) is 4.79 Å². The van der Waals surface area contributed by atoms with Gasteiger partial charge in [0.05, 0.1) is 5.56 Å². The molecule has 0 aliphatic heterocycles. The van der Waals surface area contributed by atoms with E-state index in [-0.39, 0.29) is 18.0 Å². The molecule has 0 aliphatic rings. The van der Waals surface area contributed by atoms with Crippen molar-refractivity contribution in [3.8, 4) is 0 Å². The van der Waals surface area contributed by atoms with Gasteiger partial charge in [-0.25, -0.2) is 4.39 Å². The molecule has 0 saturated heterocycles. The van der Waals surface area contributed by atoms with Crippen LogP contribution < -0.4 is 5.73 Å². The molecule has 0 fully saturated rings. The van der Waals surface area contributed by atoms with Gasteiger partial charge in [-0.1, -0.05) is 11.6 Å². The van der Waals surface area contributed by atoms with Crippen LogP contribution in [0.4, 0.5) is 4.39 Å². The standard InChI is InChI=1S/C7H5ClFNO.ClH/c8-4-1-2-6(9)5(3-4)7(10)11;/h1-3H,(H2,10,11);1H. The molecule has 5 heteroatoms. The molecule has 0 bridgehead atoms. The molecule has 0 heterocycles. The van der Waals surface area contributed by atoms with Crippen molar-refractivity contribution >= 4 is 29.9 Å². The maximum absolute atomic E-state index is 12.7. The van der Waals surface area contributed by atoms with Crippen LogP contribution in [0.3, 0.4) is 0 Å². The molecule has 1 rings (SSSR count). The first-order valence-electron chi connectivity index (χ1n) is 2.86. The number of nitrogens with two attached hydrogens (primary N) is 1. The molecule has 0 spiro atoms. The van der Waals surface area contributed by atoms with Crippen LogP contribution in [-0.2, 0) is 0 Å². The Hall–Kier alpha value is -0.800. The Morgan fingerprint density at radius 3 is 2.50 bits per heavy atom. The molecule has 1 amide bonds. The van der Waals surface area contributed by atoms with Gasteiger partial charge < -0.3 is 5.73 Å². The highest BCUT2D eigenvalue weighted by Gasteiger charge is 2.07. The number of hydrogen-bond donors (Lipinski definition) is 1. The average molecular weight is 210 g/mol. The molecule has 1 aromatic carbocycles. The fourth-order valence-corrected chi connectivity index (χ4v) is 0.858. The third-order valence-corrected chi connectivity index (χ3v) is 1.43. The Morgan fingerprint density at radius 1 is 1.50 bits per heavy atom. The lowest BCUT2D eigenvalue weighted by atomic mass is 10.2. The fourth-order valence-electron chi connectivity index (χ4n) is 0.686. The Kier molecular flexibility index (Phi) is 4.00. The molecule has 0 radical (unpaired) electrons. The fraction of sp³-hybridized carbons (Fsp3) is 0. The van der Waals surface area contributed by atoms with E-state index < -0.39 is 11.7 Å². The molecule has 0 atom stereocenters. The lowest BCUT2D eigenvalue weighted by Crippen LogP contribution is -2.12. The predicted octanol–water partition coefficient (Wildman–Crippen LogP) is 2.00. The lowest BCUT2D eigenvalue weighted by Gasteiger charge is -1.96. The van der Waals surface area contributed by atoms with Gasteiger partial charge in [-0.15, -0.1) is 12.4 Å². The summed E-state index contributed by atoms with van der Waals surface area (Å²) in [5, 5.41) is 0.292. The van der Waals surface area contributed by atoms with E-state index in [1.807, 2.05) is 0 Å². The van der Waals surface area contributed by atoms with Crippen LogP contribution in [0, 0.1) is 5.82 Å². The van der Waals surface area contributed by atoms with Crippen LogP contribution in [-0.4, -0.2) is 5.91 Å². The number of carbonyl (C=O) groups excluding carboxylic acids is 1. The minimum Gasteiger partial charge on any atom is -0.366 e. The first-order valence-corrected chi connectivity index (χ1v) is 3.24. The number of amides is 1. The highest BCUT2D eigenvalue weighted by atomic mass is 35.5. The Bertz CT molecular complexity index is 303. The molecule has 0 unspecified atom stereocenters. The number of carbonyl (C=O) groups is 1. The van der Waals surface area contributed by atoms with Crippen LogP contribution in [0.2, 0.25) is 5.02 Å². The third-order valence-electron chi connectivity index (χ3n) is 1.19. The van der Waals surface area contributed by atoms with Gasteiger partial charge in [-0.2, -0.15) is 0 Å². The zero-order valence-corrected chi connectivity index (χ0v) is 7.45. The maximum Gasteiger partial charge on any atom is 0.251 e.